The summed E-state index contributed by atoms with van der Waals surface area (Å²) in [7, 11) is -1.12. The van der Waals surface area contributed by atoms with Crippen molar-refractivity contribution in [2.75, 3.05) is 25.0 Å². The molecule has 0 saturated carbocycles. The van der Waals surface area contributed by atoms with Crippen LogP contribution >= 0.6 is 11.8 Å². The summed E-state index contributed by atoms with van der Waals surface area (Å²) >= 11 is 1.55. The van der Waals surface area contributed by atoms with Crippen LogP contribution in [0.4, 0.5) is 5.82 Å². The standard InChI is InChI=1S/C21H28N4O3SSi/c1-14(26)24-20-10-16-17(11-22-19(16)12-23-20)18-8-15(9-21(25-18)29-2)28-13-27-6-7-30(3,4)5/h8-12,22H,6-7,13H2,1-5H3,(H,23,24,26). The lowest BCUT2D eigenvalue weighted by Crippen LogP contribution is -2.22. The third-order valence-corrected chi connectivity index (χ3v) is 6.77. The average Bonchev–Trinajstić information content (AvgIpc) is 3.09. The van der Waals surface area contributed by atoms with Gasteiger partial charge < -0.3 is 19.8 Å². The lowest BCUT2D eigenvalue weighted by Gasteiger charge is -2.15. The molecule has 0 saturated heterocycles. The minimum Gasteiger partial charge on any atom is -0.467 e. The smallest absolute Gasteiger partial charge is 0.222 e. The Morgan fingerprint density at radius 3 is 2.77 bits per heavy atom. The lowest BCUT2D eigenvalue weighted by atomic mass is 10.1. The molecule has 3 rings (SSSR count). The van der Waals surface area contributed by atoms with Gasteiger partial charge in [0.25, 0.3) is 0 Å². The van der Waals surface area contributed by atoms with E-state index in [0.29, 0.717) is 18.2 Å². The molecule has 1 amide bonds. The summed E-state index contributed by atoms with van der Waals surface area (Å²) < 4.78 is 11.5. The van der Waals surface area contributed by atoms with E-state index in [9.17, 15) is 4.79 Å². The van der Waals surface area contributed by atoms with Crippen LogP contribution in [0.1, 0.15) is 6.92 Å². The van der Waals surface area contributed by atoms with E-state index in [1.54, 1.807) is 18.0 Å². The van der Waals surface area contributed by atoms with Crippen LogP contribution in [0.5, 0.6) is 5.75 Å². The van der Waals surface area contributed by atoms with Crippen molar-refractivity contribution in [1.82, 2.24) is 15.0 Å². The summed E-state index contributed by atoms with van der Waals surface area (Å²) in [5.41, 5.74) is 2.57. The van der Waals surface area contributed by atoms with Gasteiger partial charge >= 0.3 is 0 Å². The number of thioether (sulfide) groups is 1. The van der Waals surface area contributed by atoms with Crippen molar-refractivity contribution in [3.63, 3.8) is 0 Å². The number of hydrogen-bond donors (Lipinski definition) is 2. The number of amides is 1. The maximum Gasteiger partial charge on any atom is 0.222 e. The SMILES string of the molecule is CSc1cc(OCOCC[Si](C)(C)C)cc(-c2c[nH]c3cnc(NC(C)=O)cc23)n1. The molecule has 0 bridgehead atoms. The molecule has 0 aliphatic rings. The molecular weight excluding hydrogens is 416 g/mol. The number of carbonyl (C=O) groups excluding carboxylic acids is 1. The van der Waals surface area contributed by atoms with Gasteiger partial charge in [0.15, 0.2) is 6.79 Å². The minimum absolute atomic E-state index is 0.161. The Morgan fingerprint density at radius 1 is 1.27 bits per heavy atom. The molecule has 0 atom stereocenters. The summed E-state index contributed by atoms with van der Waals surface area (Å²) in [6, 6.07) is 6.77. The molecule has 3 aromatic heterocycles. The van der Waals surface area contributed by atoms with Crippen LogP contribution in [0.25, 0.3) is 22.2 Å². The maximum atomic E-state index is 11.4. The number of pyridine rings is 2. The fourth-order valence-corrected chi connectivity index (χ4v) is 4.02. The van der Waals surface area contributed by atoms with Gasteiger partial charge in [-0.25, -0.2) is 9.97 Å². The number of aromatic amines is 1. The van der Waals surface area contributed by atoms with Crippen LogP contribution in [0.15, 0.2) is 35.6 Å². The van der Waals surface area contributed by atoms with Crippen LogP contribution in [0, 0.1) is 0 Å². The van der Waals surface area contributed by atoms with Crippen LogP contribution in [0.2, 0.25) is 25.7 Å². The number of nitrogens with one attached hydrogen (secondary N) is 2. The van der Waals surface area contributed by atoms with Gasteiger partial charge in [0.2, 0.25) is 5.91 Å². The van der Waals surface area contributed by atoms with E-state index in [-0.39, 0.29) is 12.7 Å². The Hall–Kier alpha value is -2.36. The molecule has 0 fully saturated rings. The number of aromatic nitrogens is 3. The Morgan fingerprint density at radius 2 is 2.07 bits per heavy atom. The molecular formula is C21H28N4O3SSi. The van der Waals surface area contributed by atoms with Crippen LogP contribution < -0.4 is 10.1 Å². The summed E-state index contributed by atoms with van der Waals surface area (Å²) in [5, 5.41) is 4.51. The van der Waals surface area contributed by atoms with E-state index in [0.717, 1.165) is 33.2 Å². The molecule has 3 aromatic rings. The molecule has 7 nitrogen and oxygen atoms in total. The third kappa shape index (κ3) is 6.07. The normalized spacial score (nSPS) is 11.6. The van der Waals surface area contributed by atoms with Crippen LogP contribution in [0.3, 0.4) is 0 Å². The van der Waals surface area contributed by atoms with E-state index in [4.69, 9.17) is 14.5 Å². The number of H-pyrrole nitrogens is 1. The zero-order chi connectivity index (χ0) is 21.7. The van der Waals surface area contributed by atoms with Crippen LogP contribution in [-0.4, -0.2) is 48.6 Å². The monoisotopic (exact) mass is 444 g/mol. The molecule has 0 radical (unpaired) electrons. The quantitative estimate of drug-likeness (QED) is 0.209. The van der Waals surface area contributed by atoms with Gasteiger partial charge in [0.1, 0.15) is 16.6 Å². The molecule has 9 heteroatoms. The van der Waals surface area contributed by atoms with E-state index in [1.807, 2.05) is 30.7 Å². The molecule has 0 aliphatic heterocycles. The summed E-state index contributed by atoms with van der Waals surface area (Å²) in [6.07, 6.45) is 5.57. The van der Waals surface area contributed by atoms with E-state index < -0.39 is 8.07 Å². The number of anilines is 1. The van der Waals surface area contributed by atoms with Crippen molar-refractivity contribution in [3.05, 3.63) is 30.6 Å². The summed E-state index contributed by atoms with van der Waals surface area (Å²) in [5.74, 6) is 1.05. The lowest BCUT2D eigenvalue weighted by molar-refractivity contribution is -0.114. The fourth-order valence-electron chi connectivity index (χ4n) is 2.84. The Kier molecular flexibility index (Phi) is 7.17. The number of carbonyl (C=O) groups is 1. The number of hydrogen-bond acceptors (Lipinski definition) is 6. The van der Waals surface area contributed by atoms with Crippen molar-refractivity contribution in [2.45, 2.75) is 37.6 Å². The highest BCUT2D eigenvalue weighted by Crippen LogP contribution is 2.32. The van der Waals surface area contributed by atoms with Crippen molar-refractivity contribution >= 4 is 42.5 Å². The molecule has 0 spiro atoms. The molecule has 0 aliphatic carbocycles. The van der Waals surface area contributed by atoms with Gasteiger partial charge in [0, 0.05) is 50.9 Å². The number of ether oxygens (including phenoxy) is 2. The molecule has 3 heterocycles. The van der Waals surface area contributed by atoms with Gasteiger partial charge in [-0.15, -0.1) is 11.8 Å². The van der Waals surface area contributed by atoms with Gasteiger partial charge in [-0.3, -0.25) is 4.79 Å². The highest BCUT2D eigenvalue weighted by Gasteiger charge is 2.14. The zero-order valence-electron chi connectivity index (χ0n) is 18.0. The first-order chi connectivity index (χ1) is 14.2. The molecule has 0 aromatic carbocycles. The van der Waals surface area contributed by atoms with E-state index in [1.165, 1.54) is 6.92 Å². The highest BCUT2D eigenvalue weighted by molar-refractivity contribution is 7.98. The van der Waals surface area contributed by atoms with Gasteiger partial charge in [-0.05, 0) is 18.4 Å². The van der Waals surface area contributed by atoms with Gasteiger partial charge in [-0.1, -0.05) is 19.6 Å². The summed E-state index contributed by atoms with van der Waals surface area (Å²) in [4.78, 5) is 23.6. The first-order valence-corrected chi connectivity index (χ1v) is 14.7. The Bertz CT molecular complexity index is 1030. The van der Waals surface area contributed by atoms with Crippen LogP contribution in [-0.2, 0) is 9.53 Å². The van der Waals surface area contributed by atoms with Gasteiger partial charge in [0.05, 0.1) is 17.4 Å². The van der Waals surface area contributed by atoms with Crippen molar-refractivity contribution < 1.29 is 14.3 Å². The average molecular weight is 445 g/mol. The fraction of sp³-hybridized carbons (Fsp3) is 0.381. The second-order valence-electron chi connectivity index (χ2n) is 8.21. The number of nitrogens with zero attached hydrogens (tertiary/aromatic N) is 2. The molecule has 30 heavy (non-hydrogen) atoms. The maximum absolute atomic E-state index is 11.4. The topological polar surface area (TPSA) is 89.1 Å². The predicted octanol–water partition coefficient (Wildman–Crippen LogP) is 5.00. The summed E-state index contributed by atoms with van der Waals surface area (Å²) in [6.45, 7) is 9.36. The zero-order valence-corrected chi connectivity index (χ0v) is 19.9. The van der Waals surface area contributed by atoms with E-state index in [2.05, 4.69) is 34.9 Å². The predicted molar refractivity (Wildman–Crippen MR) is 125 cm³/mol. The first-order valence-electron chi connectivity index (χ1n) is 9.77. The molecule has 2 N–H and O–H groups in total. The first kappa shape index (κ1) is 22.3. The van der Waals surface area contributed by atoms with Crippen molar-refractivity contribution in [1.29, 1.82) is 0 Å². The molecule has 160 valence electrons. The molecule has 0 unspecified atom stereocenters. The number of rotatable bonds is 9. The van der Waals surface area contributed by atoms with Crippen molar-refractivity contribution in [2.24, 2.45) is 0 Å². The minimum atomic E-state index is -1.12. The second kappa shape index (κ2) is 9.63. The van der Waals surface area contributed by atoms with Crippen molar-refractivity contribution in [3.8, 4) is 17.0 Å². The Labute approximate surface area is 182 Å². The van der Waals surface area contributed by atoms with E-state index >= 15 is 0 Å². The Balaban J connectivity index is 1.82. The second-order valence-corrected chi connectivity index (χ2v) is 14.7. The number of fused-ring (bicyclic) bond motifs is 1. The third-order valence-electron chi connectivity index (χ3n) is 4.44. The van der Waals surface area contributed by atoms with Gasteiger partial charge in [-0.2, -0.15) is 0 Å². The highest BCUT2D eigenvalue weighted by atomic mass is 32.2. The largest absolute Gasteiger partial charge is 0.467 e.